The third-order valence-electron chi connectivity index (χ3n) is 3.37. The summed E-state index contributed by atoms with van der Waals surface area (Å²) >= 11 is 5.65. The zero-order valence-electron chi connectivity index (χ0n) is 10.1. The summed E-state index contributed by atoms with van der Waals surface area (Å²) in [5.41, 5.74) is 0.350. The van der Waals surface area contributed by atoms with Crippen LogP contribution < -0.4 is 0 Å². The molecule has 1 aromatic carbocycles. The van der Waals surface area contributed by atoms with Crippen molar-refractivity contribution >= 4 is 17.5 Å². The van der Waals surface area contributed by atoms with Gasteiger partial charge in [0, 0.05) is 18.7 Å². The quantitative estimate of drug-likeness (QED) is 0.852. The molecule has 5 heteroatoms. The predicted molar refractivity (Wildman–Crippen MR) is 67.1 cm³/mol. The Morgan fingerprint density at radius 3 is 2.89 bits per heavy atom. The Bertz CT molecular complexity index is 466. The number of hydrogen-bond acceptors (Lipinski definition) is 2. The van der Waals surface area contributed by atoms with E-state index in [4.69, 9.17) is 11.6 Å². The predicted octanol–water partition coefficient (Wildman–Crippen LogP) is 2.32. The fourth-order valence-corrected chi connectivity index (χ4v) is 2.23. The molecule has 2 atom stereocenters. The van der Waals surface area contributed by atoms with Gasteiger partial charge in [0.1, 0.15) is 5.82 Å². The molecular weight excluding hydrogens is 257 g/mol. The van der Waals surface area contributed by atoms with Crippen LogP contribution in [0, 0.1) is 11.7 Å². The van der Waals surface area contributed by atoms with Gasteiger partial charge in [-0.05, 0) is 30.5 Å². The van der Waals surface area contributed by atoms with Gasteiger partial charge in [0.05, 0.1) is 11.1 Å². The Morgan fingerprint density at radius 2 is 2.28 bits per heavy atom. The molecule has 0 saturated carbocycles. The van der Waals surface area contributed by atoms with Crippen molar-refractivity contribution in [3.8, 4) is 0 Å². The highest BCUT2D eigenvalue weighted by Crippen LogP contribution is 2.21. The second kappa shape index (κ2) is 5.24. The summed E-state index contributed by atoms with van der Waals surface area (Å²) in [5.74, 6) is -0.561. The average molecular weight is 272 g/mol. The number of nitrogens with zero attached hydrogens (tertiary/aromatic N) is 1. The Kier molecular flexibility index (Phi) is 3.88. The summed E-state index contributed by atoms with van der Waals surface area (Å²) in [6.45, 7) is 2.88. The van der Waals surface area contributed by atoms with E-state index in [1.165, 1.54) is 18.2 Å². The maximum absolute atomic E-state index is 13.0. The van der Waals surface area contributed by atoms with E-state index in [2.05, 4.69) is 0 Å². The molecule has 98 valence electrons. The third-order valence-corrected chi connectivity index (χ3v) is 3.66. The first kappa shape index (κ1) is 13.3. The van der Waals surface area contributed by atoms with Crippen LogP contribution in [0.4, 0.5) is 4.39 Å². The van der Waals surface area contributed by atoms with Crippen molar-refractivity contribution < 1.29 is 14.3 Å². The molecule has 3 nitrogen and oxygen atoms in total. The number of benzene rings is 1. The lowest BCUT2D eigenvalue weighted by atomic mass is 9.95. The van der Waals surface area contributed by atoms with Crippen LogP contribution >= 0.6 is 11.6 Å². The minimum atomic E-state index is -0.541. The van der Waals surface area contributed by atoms with Crippen molar-refractivity contribution in [3.63, 3.8) is 0 Å². The molecule has 0 aliphatic carbocycles. The highest BCUT2D eigenvalue weighted by Gasteiger charge is 2.28. The zero-order chi connectivity index (χ0) is 13.3. The number of aliphatic hydroxyl groups is 1. The largest absolute Gasteiger partial charge is 0.391 e. The van der Waals surface area contributed by atoms with Gasteiger partial charge in [-0.1, -0.05) is 18.5 Å². The number of halogens is 2. The first-order valence-electron chi connectivity index (χ1n) is 5.91. The van der Waals surface area contributed by atoms with Crippen molar-refractivity contribution in [2.75, 3.05) is 13.1 Å². The molecule has 18 heavy (non-hydrogen) atoms. The van der Waals surface area contributed by atoms with Crippen LogP contribution in [-0.2, 0) is 0 Å². The van der Waals surface area contributed by atoms with Gasteiger partial charge in [-0.15, -0.1) is 0 Å². The van der Waals surface area contributed by atoms with Gasteiger partial charge < -0.3 is 10.0 Å². The topological polar surface area (TPSA) is 40.5 Å². The van der Waals surface area contributed by atoms with Crippen LogP contribution in [0.3, 0.4) is 0 Å². The number of carbonyl (C=O) groups excluding carboxylic acids is 1. The second-order valence-corrected chi connectivity index (χ2v) is 5.12. The Hall–Kier alpha value is -1.13. The minimum Gasteiger partial charge on any atom is -0.391 e. The molecule has 1 fully saturated rings. The van der Waals surface area contributed by atoms with E-state index in [-0.39, 0.29) is 16.8 Å². The molecule has 1 saturated heterocycles. The van der Waals surface area contributed by atoms with Crippen molar-refractivity contribution in [1.29, 1.82) is 0 Å². The van der Waals surface area contributed by atoms with Gasteiger partial charge in [-0.2, -0.15) is 0 Å². The Labute approximate surface area is 110 Å². The van der Waals surface area contributed by atoms with Gasteiger partial charge in [-0.25, -0.2) is 4.39 Å². The van der Waals surface area contributed by atoms with Gasteiger partial charge in [-0.3, -0.25) is 4.79 Å². The van der Waals surface area contributed by atoms with E-state index < -0.39 is 11.9 Å². The molecule has 1 N–H and O–H groups in total. The second-order valence-electron chi connectivity index (χ2n) is 4.71. The molecule has 0 radical (unpaired) electrons. The Balaban J connectivity index is 2.14. The van der Waals surface area contributed by atoms with E-state index in [0.717, 1.165) is 6.42 Å². The first-order valence-corrected chi connectivity index (χ1v) is 6.29. The van der Waals surface area contributed by atoms with Crippen molar-refractivity contribution in [2.24, 2.45) is 5.92 Å². The van der Waals surface area contributed by atoms with Crippen LogP contribution in [0.5, 0.6) is 0 Å². The van der Waals surface area contributed by atoms with Gasteiger partial charge >= 0.3 is 0 Å². The van der Waals surface area contributed by atoms with Crippen LogP contribution in [0.25, 0.3) is 0 Å². The summed E-state index contributed by atoms with van der Waals surface area (Å²) in [4.78, 5) is 13.7. The van der Waals surface area contributed by atoms with Gasteiger partial charge in [0.15, 0.2) is 0 Å². The molecule has 2 unspecified atom stereocenters. The van der Waals surface area contributed by atoms with E-state index in [1.54, 1.807) is 4.90 Å². The molecule has 1 aromatic rings. The summed E-state index contributed by atoms with van der Waals surface area (Å²) in [6.07, 6.45) is 0.264. The lowest BCUT2D eigenvalue weighted by Crippen LogP contribution is -2.45. The van der Waals surface area contributed by atoms with Gasteiger partial charge in [0.2, 0.25) is 0 Å². The van der Waals surface area contributed by atoms with Crippen molar-refractivity contribution in [1.82, 2.24) is 4.90 Å². The normalized spacial score (nSPS) is 24.1. The molecule has 1 amide bonds. The van der Waals surface area contributed by atoms with Crippen molar-refractivity contribution in [2.45, 2.75) is 19.4 Å². The lowest BCUT2D eigenvalue weighted by molar-refractivity contribution is 0.0248. The highest BCUT2D eigenvalue weighted by atomic mass is 35.5. The monoisotopic (exact) mass is 271 g/mol. The Morgan fingerprint density at radius 1 is 1.56 bits per heavy atom. The maximum atomic E-state index is 13.0. The molecule has 1 heterocycles. The number of β-amino-alcohol motifs (C(OH)–C–C–N with tert-alkyl or cyclic N) is 1. The SMILES string of the molecule is CC1CCN(C(=O)c2ccc(F)c(Cl)c2)CC1O. The number of rotatable bonds is 1. The third kappa shape index (κ3) is 2.65. The number of amides is 1. The number of aliphatic hydroxyl groups excluding tert-OH is 1. The molecule has 0 bridgehead atoms. The van der Waals surface area contributed by atoms with E-state index >= 15 is 0 Å². The minimum absolute atomic E-state index is 0.0632. The lowest BCUT2D eigenvalue weighted by Gasteiger charge is -2.34. The summed E-state index contributed by atoms with van der Waals surface area (Å²) < 4.78 is 13.0. The van der Waals surface area contributed by atoms with Crippen LogP contribution in [0.1, 0.15) is 23.7 Å². The van der Waals surface area contributed by atoms with Gasteiger partial charge in [0.25, 0.3) is 5.91 Å². The number of hydrogen-bond donors (Lipinski definition) is 1. The van der Waals surface area contributed by atoms with Crippen LogP contribution in [0.2, 0.25) is 5.02 Å². The first-order chi connectivity index (χ1) is 8.49. The summed E-state index contributed by atoms with van der Waals surface area (Å²) in [7, 11) is 0. The molecular formula is C13H15ClFNO2. The smallest absolute Gasteiger partial charge is 0.253 e. The number of carbonyl (C=O) groups is 1. The van der Waals surface area contributed by atoms with Crippen molar-refractivity contribution in [3.05, 3.63) is 34.6 Å². The molecule has 0 aromatic heterocycles. The fraction of sp³-hybridized carbons (Fsp3) is 0.462. The van der Waals surface area contributed by atoms with Crippen LogP contribution in [-0.4, -0.2) is 35.1 Å². The summed E-state index contributed by atoms with van der Waals surface area (Å²) in [6, 6.07) is 3.91. The highest BCUT2D eigenvalue weighted by molar-refractivity contribution is 6.31. The van der Waals surface area contributed by atoms with Crippen LogP contribution in [0.15, 0.2) is 18.2 Å². The molecule has 0 spiro atoms. The summed E-state index contributed by atoms with van der Waals surface area (Å²) in [5, 5.41) is 9.70. The molecule has 1 aliphatic rings. The maximum Gasteiger partial charge on any atom is 0.253 e. The average Bonchev–Trinajstić information content (AvgIpc) is 2.35. The number of likely N-dealkylation sites (tertiary alicyclic amines) is 1. The van der Waals surface area contributed by atoms with E-state index in [9.17, 15) is 14.3 Å². The number of piperidine rings is 1. The molecule has 2 rings (SSSR count). The fourth-order valence-electron chi connectivity index (χ4n) is 2.05. The van der Waals surface area contributed by atoms with E-state index in [0.29, 0.717) is 18.7 Å². The van der Waals surface area contributed by atoms with E-state index in [1.807, 2.05) is 6.92 Å². The zero-order valence-corrected chi connectivity index (χ0v) is 10.8. The standard InChI is InChI=1S/C13H15ClFNO2/c1-8-4-5-16(7-12(8)17)13(18)9-2-3-11(15)10(14)6-9/h2-3,6,8,12,17H,4-5,7H2,1H3. The molecule has 1 aliphatic heterocycles.